The number of rotatable bonds is 13. The van der Waals surface area contributed by atoms with Gasteiger partial charge in [0.15, 0.2) is 23.7 Å². The third-order valence-corrected chi connectivity index (χ3v) is 9.97. The van der Waals surface area contributed by atoms with Crippen LogP contribution < -0.4 is 15.9 Å². The Morgan fingerprint density at radius 2 is 1.64 bits per heavy atom. The van der Waals surface area contributed by atoms with Gasteiger partial charge < -0.3 is 33.1 Å². The van der Waals surface area contributed by atoms with Crippen molar-refractivity contribution < 1.29 is 55.0 Å². The van der Waals surface area contributed by atoms with Gasteiger partial charge in [-0.1, -0.05) is 42.5 Å². The Morgan fingerprint density at radius 3 is 2.26 bits per heavy atom. The Bertz CT molecular complexity index is 2100. The number of carbonyl (C=O) groups excluding carboxylic acids is 3. The monoisotopic (exact) mass is 754 g/mol. The van der Waals surface area contributed by atoms with Gasteiger partial charge in [0, 0.05) is 13.3 Å². The number of ether oxygens (including phenoxy) is 4. The van der Waals surface area contributed by atoms with Crippen LogP contribution in [0, 0.1) is 18.2 Å². The number of alkyl carbamates (subject to hydrolysis) is 1. The predicted molar refractivity (Wildman–Crippen MR) is 184 cm³/mol. The molecule has 282 valence electrons. The molecule has 1 N–H and O–H groups in total. The Morgan fingerprint density at radius 1 is 0.962 bits per heavy atom. The molecule has 0 radical (unpaired) electrons. The predicted octanol–water partition coefficient (Wildman–Crippen LogP) is 4.98. The largest absolute Gasteiger partial charge is 0.519 e. The highest BCUT2D eigenvalue weighted by Gasteiger charge is 2.52. The lowest BCUT2D eigenvalue weighted by molar-refractivity contribution is -0.174. The molecule has 0 aliphatic carbocycles. The van der Waals surface area contributed by atoms with Crippen molar-refractivity contribution in [2.24, 2.45) is 5.41 Å². The minimum atomic E-state index is -4.11. The average Bonchev–Trinajstić information content (AvgIpc) is 3.41. The molecule has 14 nitrogen and oxygen atoms in total. The van der Waals surface area contributed by atoms with Crippen LogP contribution in [0.3, 0.4) is 0 Å². The van der Waals surface area contributed by atoms with E-state index in [1.54, 1.807) is 26.8 Å². The fourth-order valence-corrected chi connectivity index (χ4v) is 6.91. The van der Waals surface area contributed by atoms with Gasteiger partial charge in [0.05, 0.1) is 23.4 Å². The maximum absolute atomic E-state index is 13.9. The fourth-order valence-electron chi connectivity index (χ4n) is 5.30. The molecule has 5 rings (SSSR count). The smallest absolute Gasteiger partial charge is 0.480 e. The first-order valence-electron chi connectivity index (χ1n) is 16.5. The molecular formula is C37H39FN2O12S. The van der Waals surface area contributed by atoms with Crippen LogP contribution in [0.4, 0.5) is 9.18 Å². The molecule has 16 heteroatoms. The van der Waals surface area contributed by atoms with Crippen molar-refractivity contribution >= 4 is 28.1 Å². The molecule has 3 aromatic carbocycles. The van der Waals surface area contributed by atoms with E-state index in [0.717, 1.165) is 5.56 Å². The first kappa shape index (κ1) is 38.7. The SMILES string of the molecule is Cc1oc(=O)oc1COC(=O)C(Cc1cccc(S(=O)(=O)N2CC(Oc3ccc(F)cc3)(c3ccccc3)C2)c1)NC(=O)OC(C)OC(=O)C(C)(C)C. The van der Waals surface area contributed by atoms with Crippen LogP contribution >= 0.6 is 0 Å². The van der Waals surface area contributed by atoms with Crippen molar-refractivity contribution in [2.75, 3.05) is 13.1 Å². The molecular weight excluding hydrogens is 715 g/mol. The summed E-state index contributed by atoms with van der Waals surface area (Å²) < 4.78 is 74.2. The average molecular weight is 755 g/mol. The van der Waals surface area contributed by atoms with Gasteiger partial charge in [0.25, 0.3) is 0 Å². The van der Waals surface area contributed by atoms with Crippen LogP contribution in [0.25, 0.3) is 0 Å². The van der Waals surface area contributed by atoms with Crippen molar-refractivity contribution in [1.82, 2.24) is 9.62 Å². The van der Waals surface area contributed by atoms with E-state index in [-0.39, 0.29) is 35.9 Å². The van der Waals surface area contributed by atoms with Gasteiger partial charge in [-0.2, -0.15) is 4.31 Å². The minimum Gasteiger partial charge on any atom is -0.480 e. The summed E-state index contributed by atoms with van der Waals surface area (Å²) in [6, 6.07) is 18.9. The van der Waals surface area contributed by atoms with Gasteiger partial charge in [-0.15, -0.1) is 0 Å². The summed E-state index contributed by atoms with van der Waals surface area (Å²) in [4.78, 5) is 49.8. The molecule has 0 spiro atoms. The normalized spacial score (nSPS) is 15.4. The van der Waals surface area contributed by atoms with E-state index < -0.39 is 69.6 Å². The lowest BCUT2D eigenvalue weighted by Crippen LogP contribution is -2.64. The number of benzene rings is 3. The maximum atomic E-state index is 13.9. The second-order valence-corrected chi connectivity index (χ2v) is 15.3. The summed E-state index contributed by atoms with van der Waals surface area (Å²) in [5.74, 6) is -2.64. The number of esters is 2. The summed E-state index contributed by atoms with van der Waals surface area (Å²) in [6.07, 6.45) is -2.71. The van der Waals surface area contributed by atoms with E-state index in [9.17, 15) is 32.0 Å². The van der Waals surface area contributed by atoms with Gasteiger partial charge in [-0.25, -0.2) is 27.2 Å². The summed E-state index contributed by atoms with van der Waals surface area (Å²) in [7, 11) is -4.11. The molecule has 53 heavy (non-hydrogen) atoms. The number of nitrogens with one attached hydrogen (secondary N) is 1. The standard InChI is InChI=1S/C37H39FN2O12S/c1-23-31(51-35(44)48-23)20-47-32(41)30(39-34(43)50-24(2)49-33(42)36(3,4)5)19-25-10-9-13-29(18-25)53(45,46)40-21-37(22-40,26-11-7-6-8-12-26)52-28-16-14-27(38)15-17-28/h6-18,24,30H,19-22H2,1-5H3,(H,39,43). The molecule has 2 atom stereocenters. The molecule has 1 amide bonds. The Balaban J connectivity index is 1.33. The Hall–Kier alpha value is -5.48. The molecule has 0 saturated carbocycles. The highest BCUT2D eigenvalue weighted by molar-refractivity contribution is 7.89. The highest BCUT2D eigenvalue weighted by atomic mass is 32.2. The van der Waals surface area contributed by atoms with E-state index in [2.05, 4.69) is 5.32 Å². The van der Waals surface area contributed by atoms with Gasteiger partial charge in [-0.3, -0.25) is 4.79 Å². The van der Waals surface area contributed by atoms with E-state index in [4.69, 9.17) is 27.8 Å². The molecule has 1 aliphatic heterocycles. The van der Waals surface area contributed by atoms with Crippen LogP contribution in [0.5, 0.6) is 5.75 Å². The summed E-state index contributed by atoms with van der Waals surface area (Å²) >= 11 is 0. The van der Waals surface area contributed by atoms with E-state index in [1.807, 2.05) is 30.3 Å². The van der Waals surface area contributed by atoms with Crippen LogP contribution in [0.15, 0.2) is 97.4 Å². The third-order valence-electron chi connectivity index (χ3n) is 8.18. The summed E-state index contributed by atoms with van der Waals surface area (Å²) in [5, 5.41) is 2.38. The molecule has 0 bridgehead atoms. The van der Waals surface area contributed by atoms with Crippen molar-refractivity contribution in [2.45, 2.75) is 70.5 Å². The van der Waals surface area contributed by atoms with Gasteiger partial charge in [0.1, 0.15) is 17.6 Å². The van der Waals surface area contributed by atoms with Gasteiger partial charge >= 0.3 is 23.9 Å². The zero-order chi connectivity index (χ0) is 38.6. The Labute approximate surface area is 304 Å². The number of nitrogens with zero attached hydrogens (tertiary/aromatic N) is 1. The number of halogens is 1. The molecule has 1 aliphatic rings. The number of amides is 1. The molecule has 1 fully saturated rings. The highest BCUT2D eigenvalue weighted by Crippen LogP contribution is 2.40. The molecule has 1 aromatic heterocycles. The van der Waals surface area contributed by atoms with Crippen molar-refractivity contribution in [1.29, 1.82) is 0 Å². The van der Waals surface area contributed by atoms with Crippen LogP contribution in [0.1, 0.15) is 50.3 Å². The van der Waals surface area contributed by atoms with E-state index >= 15 is 0 Å². The zero-order valence-electron chi connectivity index (χ0n) is 29.6. The van der Waals surface area contributed by atoms with Gasteiger partial charge in [-0.05, 0) is 75.2 Å². The molecule has 2 heterocycles. The summed E-state index contributed by atoms with van der Waals surface area (Å²) in [6.45, 7) is 7.01. The second kappa shape index (κ2) is 15.6. The first-order chi connectivity index (χ1) is 24.9. The number of aryl methyl sites for hydroxylation is 1. The molecule has 1 saturated heterocycles. The van der Waals surface area contributed by atoms with Gasteiger partial charge in [0.2, 0.25) is 16.3 Å². The lowest BCUT2D eigenvalue weighted by atomic mass is 9.87. The summed E-state index contributed by atoms with van der Waals surface area (Å²) in [5.41, 5.74) is -0.866. The van der Waals surface area contributed by atoms with E-state index in [1.165, 1.54) is 60.6 Å². The van der Waals surface area contributed by atoms with Crippen LogP contribution in [0.2, 0.25) is 0 Å². The Kier molecular flexibility index (Phi) is 11.4. The van der Waals surface area contributed by atoms with Crippen LogP contribution in [-0.2, 0) is 52.5 Å². The zero-order valence-corrected chi connectivity index (χ0v) is 30.4. The fraction of sp³-hybridized carbons (Fsp3) is 0.351. The second-order valence-electron chi connectivity index (χ2n) is 13.4. The quantitative estimate of drug-likeness (QED) is 0.143. The number of hydrogen-bond donors (Lipinski definition) is 1. The van der Waals surface area contributed by atoms with E-state index in [0.29, 0.717) is 11.3 Å². The third kappa shape index (κ3) is 9.50. The number of hydrogen-bond acceptors (Lipinski definition) is 12. The minimum absolute atomic E-state index is 0.0508. The number of carbonyl (C=O) groups is 3. The first-order valence-corrected chi connectivity index (χ1v) is 17.9. The topological polar surface area (TPSA) is 181 Å². The van der Waals surface area contributed by atoms with Crippen molar-refractivity contribution in [3.63, 3.8) is 0 Å². The van der Waals surface area contributed by atoms with Crippen molar-refractivity contribution in [3.8, 4) is 5.75 Å². The molecule has 2 unspecified atom stereocenters. The van der Waals surface area contributed by atoms with Crippen LogP contribution in [-0.4, -0.2) is 56.2 Å². The van der Waals surface area contributed by atoms with Crippen molar-refractivity contribution in [3.05, 3.63) is 118 Å². The molecule has 4 aromatic rings. The number of sulfonamides is 1. The maximum Gasteiger partial charge on any atom is 0.519 e. The lowest BCUT2D eigenvalue weighted by Gasteiger charge is -2.48.